The molecule has 1 aromatic rings. The third-order valence-corrected chi connectivity index (χ3v) is 4.21. The highest BCUT2D eigenvalue weighted by Gasteiger charge is 2.23. The smallest absolute Gasteiger partial charge is 0.162 e. The zero-order chi connectivity index (χ0) is 12.3. The van der Waals surface area contributed by atoms with Crippen LogP contribution in [0.2, 0.25) is 0 Å². The Hall–Kier alpha value is -0.630. The highest BCUT2D eigenvalue weighted by atomic mass is 35.5. The molecule has 0 heterocycles. The predicted octanol–water partition coefficient (Wildman–Crippen LogP) is 4.70. The van der Waals surface area contributed by atoms with Gasteiger partial charge in [0.2, 0.25) is 0 Å². The zero-order valence-corrected chi connectivity index (χ0v) is 10.5. The van der Waals surface area contributed by atoms with Crippen LogP contribution < -0.4 is 0 Å². The van der Waals surface area contributed by atoms with Crippen molar-refractivity contribution in [2.75, 3.05) is 0 Å². The molecule has 0 radical (unpaired) electrons. The molecule has 3 heteroatoms. The van der Waals surface area contributed by atoms with Crippen LogP contribution in [-0.4, -0.2) is 5.38 Å². The lowest BCUT2D eigenvalue weighted by Crippen LogP contribution is -2.12. The SMILES string of the molecule is Fc1cccc(CCC(Cl)C2CCCC2)c1F. The van der Waals surface area contributed by atoms with Gasteiger partial charge < -0.3 is 0 Å². The molecule has 1 atom stereocenters. The van der Waals surface area contributed by atoms with Crippen molar-refractivity contribution in [1.82, 2.24) is 0 Å². The zero-order valence-electron chi connectivity index (χ0n) is 9.76. The molecule has 1 aliphatic rings. The third-order valence-electron chi connectivity index (χ3n) is 3.63. The molecule has 0 bridgehead atoms. The van der Waals surface area contributed by atoms with Gasteiger partial charge in [-0.1, -0.05) is 25.0 Å². The van der Waals surface area contributed by atoms with E-state index in [4.69, 9.17) is 11.6 Å². The Morgan fingerprint density at radius 3 is 2.65 bits per heavy atom. The number of aryl methyl sites for hydroxylation is 1. The Morgan fingerprint density at radius 2 is 1.94 bits per heavy atom. The van der Waals surface area contributed by atoms with Crippen LogP contribution in [0.3, 0.4) is 0 Å². The Balaban J connectivity index is 1.90. The van der Waals surface area contributed by atoms with Gasteiger partial charge in [0.05, 0.1) is 0 Å². The fraction of sp³-hybridized carbons (Fsp3) is 0.571. The first-order valence-corrected chi connectivity index (χ1v) is 6.69. The van der Waals surface area contributed by atoms with Crippen LogP contribution in [0.15, 0.2) is 18.2 Å². The highest BCUT2D eigenvalue weighted by molar-refractivity contribution is 6.20. The van der Waals surface area contributed by atoms with E-state index in [1.165, 1.54) is 25.7 Å². The van der Waals surface area contributed by atoms with Gasteiger partial charge in [0.25, 0.3) is 0 Å². The molecule has 0 nitrogen and oxygen atoms in total. The second-order valence-corrected chi connectivity index (χ2v) is 5.37. The number of hydrogen-bond acceptors (Lipinski definition) is 0. The Bertz CT molecular complexity index is 372. The second kappa shape index (κ2) is 5.81. The van der Waals surface area contributed by atoms with Crippen molar-refractivity contribution in [1.29, 1.82) is 0 Å². The molecule has 0 amide bonds. The standard InChI is InChI=1S/C14H17ClF2/c15-12(10-4-1-2-5-10)9-8-11-6-3-7-13(16)14(11)17/h3,6-7,10,12H,1-2,4-5,8-9H2. The Morgan fingerprint density at radius 1 is 1.24 bits per heavy atom. The molecule has 1 saturated carbocycles. The summed E-state index contributed by atoms with van der Waals surface area (Å²) in [6.45, 7) is 0. The summed E-state index contributed by atoms with van der Waals surface area (Å²) in [5.41, 5.74) is 0.439. The van der Waals surface area contributed by atoms with Crippen molar-refractivity contribution >= 4 is 11.6 Å². The molecule has 94 valence electrons. The predicted molar refractivity (Wildman–Crippen MR) is 66.3 cm³/mol. The van der Waals surface area contributed by atoms with E-state index >= 15 is 0 Å². The summed E-state index contributed by atoms with van der Waals surface area (Å²) < 4.78 is 26.4. The topological polar surface area (TPSA) is 0 Å². The quantitative estimate of drug-likeness (QED) is 0.687. The summed E-state index contributed by atoms with van der Waals surface area (Å²) in [5, 5.41) is 0.0974. The summed E-state index contributed by atoms with van der Waals surface area (Å²) >= 11 is 6.31. The van der Waals surface area contributed by atoms with Crippen LogP contribution in [0.4, 0.5) is 8.78 Å². The largest absolute Gasteiger partial charge is 0.204 e. The molecule has 1 aromatic carbocycles. The first-order valence-electron chi connectivity index (χ1n) is 6.25. The summed E-state index contributed by atoms with van der Waals surface area (Å²) in [7, 11) is 0. The maximum atomic E-state index is 13.4. The van der Waals surface area contributed by atoms with Crippen LogP contribution in [0.5, 0.6) is 0 Å². The summed E-state index contributed by atoms with van der Waals surface area (Å²) in [4.78, 5) is 0. The van der Waals surface area contributed by atoms with Crippen molar-refractivity contribution in [3.05, 3.63) is 35.4 Å². The van der Waals surface area contributed by atoms with Crippen LogP contribution in [0.1, 0.15) is 37.7 Å². The van der Waals surface area contributed by atoms with Gasteiger partial charge in [0.15, 0.2) is 11.6 Å². The molecule has 2 rings (SSSR count). The molecular formula is C14H17ClF2. The molecule has 1 unspecified atom stereocenters. The van der Waals surface area contributed by atoms with Crippen molar-refractivity contribution in [2.24, 2.45) is 5.92 Å². The second-order valence-electron chi connectivity index (χ2n) is 4.81. The van der Waals surface area contributed by atoms with Crippen LogP contribution >= 0.6 is 11.6 Å². The van der Waals surface area contributed by atoms with Crippen LogP contribution in [0.25, 0.3) is 0 Å². The lowest BCUT2D eigenvalue weighted by atomic mass is 9.97. The van der Waals surface area contributed by atoms with Crippen LogP contribution in [-0.2, 0) is 6.42 Å². The average Bonchev–Trinajstić information content (AvgIpc) is 2.84. The number of rotatable bonds is 4. The number of alkyl halides is 1. The van der Waals surface area contributed by atoms with Gasteiger partial charge in [-0.2, -0.15) is 0 Å². The minimum absolute atomic E-state index is 0.0974. The minimum atomic E-state index is -0.769. The number of hydrogen-bond donors (Lipinski definition) is 0. The summed E-state index contributed by atoms with van der Waals surface area (Å²) in [6.07, 6.45) is 6.12. The van der Waals surface area contributed by atoms with E-state index in [1.807, 2.05) is 0 Å². The fourth-order valence-corrected chi connectivity index (χ4v) is 2.95. The third kappa shape index (κ3) is 3.19. The van der Waals surface area contributed by atoms with Gasteiger partial charge in [0.1, 0.15) is 0 Å². The van der Waals surface area contributed by atoms with Crippen LogP contribution in [0, 0.1) is 17.6 Å². The minimum Gasteiger partial charge on any atom is -0.204 e. The first kappa shape index (κ1) is 12.8. The summed E-state index contributed by atoms with van der Waals surface area (Å²) in [5.74, 6) is -0.925. The summed E-state index contributed by atoms with van der Waals surface area (Å²) in [6, 6.07) is 4.33. The van der Waals surface area contributed by atoms with E-state index in [0.29, 0.717) is 17.9 Å². The van der Waals surface area contributed by atoms with Gasteiger partial charge in [-0.25, -0.2) is 8.78 Å². The normalized spacial score (nSPS) is 18.5. The molecule has 0 aromatic heterocycles. The molecule has 17 heavy (non-hydrogen) atoms. The maximum Gasteiger partial charge on any atom is 0.162 e. The van der Waals surface area contributed by atoms with E-state index in [-0.39, 0.29) is 5.38 Å². The monoisotopic (exact) mass is 258 g/mol. The lowest BCUT2D eigenvalue weighted by Gasteiger charge is -2.16. The van der Waals surface area contributed by atoms with Gasteiger partial charge >= 0.3 is 0 Å². The van der Waals surface area contributed by atoms with E-state index in [9.17, 15) is 8.78 Å². The number of benzene rings is 1. The maximum absolute atomic E-state index is 13.4. The van der Waals surface area contributed by atoms with Gasteiger partial charge in [0, 0.05) is 5.38 Å². The molecule has 0 aliphatic heterocycles. The molecular weight excluding hydrogens is 242 g/mol. The molecule has 1 aliphatic carbocycles. The Labute approximate surface area is 106 Å². The van der Waals surface area contributed by atoms with Gasteiger partial charge in [-0.3, -0.25) is 0 Å². The van der Waals surface area contributed by atoms with E-state index in [0.717, 1.165) is 12.5 Å². The fourth-order valence-electron chi connectivity index (χ4n) is 2.59. The van der Waals surface area contributed by atoms with E-state index < -0.39 is 11.6 Å². The van der Waals surface area contributed by atoms with Crippen molar-refractivity contribution in [2.45, 2.75) is 43.9 Å². The first-order chi connectivity index (χ1) is 8.18. The van der Waals surface area contributed by atoms with Gasteiger partial charge in [-0.05, 0) is 43.2 Å². The number of halogens is 3. The average molecular weight is 259 g/mol. The lowest BCUT2D eigenvalue weighted by molar-refractivity contribution is 0.475. The highest BCUT2D eigenvalue weighted by Crippen LogP contribution is 2.32. The Kier molecular flexibility index (Phi) is 4.38. The molecule has 0 N–H and O–H groups in total. The van der Waals surface area contributed by atoms with Crippen molar-refractivity contribution in [3.8, 4) is 0 Å². The van der Waals surface area contributed by atoms with Crippen molar-refractivity contribution < 1.29 is 8.78 Å². The van der Waals surface area contributed by atoms with Crippen molar-refractivity contribution in [3.63, 3.8) is 0 Å². The van der Waals surface area contributed by atoms with E-state index in [1.54, 1.807) is 12.1 Å². The van der Waals surface area contributed by atoms with Gasteiger partial charge in [-0.15, -0.1) is 11.6 Å². The molecule has 1 fully saturated rings. The molecule has 0 spiro atoms. The van der Waals surface area contributed by atoms with E-state index in [2.05, 4.69) is 0 Å². The molecule has 0 saturated heterocycles.